The normalized spacial score (nSPS) is 16.1. The first-order valence-corrected chi connectivity index (χ1v) is 7.68. The molecule has 0 spiro atoms. The average molecular weight is 274 g/mol. The lowest BCUT2D eigenvalue weighted by Gasteiger charge is -2.03. The molecule has 0 saturated heterocycles. The van der Waals surface area contributed by atoms with Gasteiger partial charge in [-0.25, -0.2) is 0 Å². The number of thioether (sulfide) groups is 1. The van der Waals surface area contributed by atoms with Crippen molar-refractivity contribution in [3.05, 3.63) is 29.3 Å². The van der Waals surface area contributed by atoms with Gasteiger partial charge in [-0.15, -0.1) is 10.2 Å². The van der Waals surface area contributed by atoms with E-state index in [1.807, 2.05) is 0 Å². The molecule has 0 aliphatic heterocycles. The molecule has 0 unspecified atom stereocenters. The van der Waals surface area contributed by atoms with Crippen molar-refractivity contribution >= 4 is 11.8 Å². The van der Waals surface area contributed by atoms with Crippen molar-refractivity contribution in [1.82, 2.24) is 10.2 Å². The Balaban J connectivity index is 1.80. The maximum absolute atomic E-state index is 5.79. The molecule has 0 amide bonds. The Bertz CT molecular complexity index is 573. The van der Waals surface area contributed by atoms with Gasteiger partial charge in [0.2, 0.25) is 5.89 Å². The highest BCUT2D eigenvalue weighted by Crippen LogP contribution is 2.35. The third-order valence-electron chi connectivity index (χ3n) is 3.59. The molecule has 1 aromatic carbocycles. The zero-order chi connectivity index (χ0) is 13.2. The Morgan fingerprint density at radius 3 is 2.68 bits per heavy atom. The number of benzene rings is 1. The van der Waals surface area contributed by atoms with Gasteiger partial charge in [0.1, 0.15) is 0 Å². The summed E-state index contributed by atoms with van der Waals surface area (Å²) in [6.07, 6.45) is 5.20. The summed E-state index contributed by atoms with van der Waals surface area (Å²) in [4.78, 5) is 0. The maximum atomic E-state index is 5.79. The lowest BCUT2D eigenvalue weighted by atomic mass is 10.1. The van der Waals surface area contributed by atoms with Gasteiger partial charge in [-0.1, -0.05) is 42.3 Å². The van der Waals surface area contributed by atoms with Gasteiger partial charge in [0.25, 0.3) is 5.22 Å². The summed E-state index contributed by atoms with van der Waals surface area (Å²) in [5.41, 5.74) is 3.47. The number of aromatic nitrogens is 2. The lowest BCUT2D eigenvalue weighted by Crippen LogP contribution is -1.92. The first kappa shape index (κ1) is 12.7. The molecule has 3 nitrogen and oxygen atoms in total. The van der Waals surface area contributed by atoms with Crippen molar-refractivity contribution in [2.75, 3.05) is 0 Å². The van der Waals surface area contributed by atoms with Gasteiger partial charge in [-0.2, -0.15) is 0 Å². The van der Waals surface area contributed by atoms with Crippen LogP contribution in [0, 0.1) is 13.8 Å². The fourth-order valence-electron chi connectivity index (χ4n) is 2.57. The molecule has 4 heteroatoms. The van der Waals surface area contributed by atoms with Gasteiger partial charge in [-0.3, -0.25) is 0 Å². The summed E-state index contributed by atoms with van der Waals surface area (Å²) < 4.78 is 5.79. The van der Waals surface area contributed by atoms with Gasteiger partial charge < -0.3 is 4.42 Å². The molecule has 3 rings (SSSR count). The van der Waals surface area contributed by atoms with E-state index in [-0.39, 0.29) is 0 Å². The van der Waals surface area contributed by atoms with Crippen LogP contribution in [0.1, 0.15) is 36.8 Å². The SMILES string of the molecule is Cc1ccc(-c2nnc(SC3CCCC3)o2)c(C)c1. The third-order valence-corrected chi connectivity index (χ3v) is 4.76. The van der Waals surface area contributed by atoms with Crippen LogP contribution in [-0.4, -0.2) is 15.4 Å². The van der Waals surface area contributed by atoms with Gasteiger partial charge in [0, 0.05) is 10.8 Å². The van der Waals surface area contributed by atoms with E-state index < -0.39 is 0 Å². The standard InChI is InChI=1S/C15H18N2OS/c1-10-7-8-13(11(2)9-10)14-16-17-15(18-14)19-12-5-3-4-6-12/h7-9,12H,3-6H2,1-2H3. The molecular weight excluding hydrogens is 256 g/mol. The van der Waals surface area contributed by atoms with Gasteiger partial charge in [-0.05, 0) is 38.3 Å². The number of nitrogens with zero attached hydrogens (tertiary/aromatic N) is 2. The second-order valence-electron chi connectivity index (χ2n) is 5.22. The Hall–Kier alpha value is -1.29. The van der Waals surface area contributed by atoms with Crippen LogP contribution >= 0.6 is 11.8 Å². The molecule has 1 aliphatic carbocycles. The third kappa shape index (κ3) is 2.84. The molecule has 19 heavy (non-hydrogen) atoms. The van der Waals surface area contributed by atoms with Crippen LogP contribution in [-0.2, 0) is 0 Å². The number of hydrogen-bond acceptors (Lipinski definition) is 4. The monoisotopic (exact) mass is 274 g/mol. The summed E-state index contributed by atoms with van der Waals surface area (Å²) in [7, 11) is 0. The van der Waals surface area contributed by atoms with Crippen LogP contribution < -0.4 is 0 Å². The number of aryl methyl sites for hydroxylation is 2. The van der Waals surface area contributed by atoms with Crippen LogP contribution in [0.5, 0.6) is 0 Å². The zero-order valence-electron chi connectivity index (χ0n) is 11.3. The molecule has 0 atom stereocenters. The zero-order valence-corrected chi connectivity index (χ0v) is 12.2. The Kier molecular flexibility index (Phi) is 3.60. The lowest BCUT2D eigenvalue weighted by molar-refractivity contribution is 0.464. The smallest absolute Gasteiger partial charge is 0.277 e. The maximum Gasteiger partial charge on any atom is 0.277 e. The van der Waals surface area contributed by atoms with Crippen molar-refractivity contribution < 1.29 is 4.42 Å². The molecule has 0 radical (unpaired) electrons. The van der Waals surface area contributed by atoms with Crippen LogP contribution in [0.15, 0.2) is 27.8 Å². The Morgan fingerprint density at radius 1 is 1.16 bits per heavy atom. The van der Waals surface area contributed by atoms with Crippen LogP contribution in [0.4, 0.5) is 0 Å². The first-order valence-electron chi connectivity index (χ1n) is 6.80. The number of hydrogen-bond donors (Lipinski definition) is 0. The summed E-state index contributed by atoms with van der Waals surface area (Å²) in [5, 5.41) is 9.72. The van der Waals surface area contributed by atoms with Gasteiger partial charge in [0.05, 0.1) is 0 Å². The van der Waals surface area contributed by atoms with Crippen molar-refractivity contribution in [3.63, 3.8) is 0 Å². The summed E-state index contributed by atoms with van der Waals surface area (Å²) in [6, 6.07) is 6.28. The molecule has 2 aromatic rings. The molecule has 1 heterocycles. The minimum Gasteiger partial charge on any atom is -0.411 e. The second kappa shape index (κ2) is 5.37. The molecule has 1 aromatic heterocycles. The topological polar surface area (TPSA) is 38.9 Å². The summed E-state index contributed by atoms with van der Waals surface area (Å²) >= 11 is 1.74. The Labute approximate surface area is 117 Å². The molecule has 0 N–H and O–H groups in total. The quantitative estimate of drug-likeness (QED) is 0.832. The summed E-state index contributed by atoms with van der Waals surface area (Å²) in [5.74, 6) is 0.637. The first-order chi connectivity index (χ1) is 9.22. The van der Waals surface area contributed by atoms with Crippen molar-refractivity contribution in [3.8, 4) is 11.5 Å². The van der Waals surface area contributed by atoms with Gasteiger partial charge >= 0.3 is 0 Å². The predicted octanol–water partition coefficient (Wildman–Crippen LogP) is 4.39. The van der Waals surface area contributed by atoms with E-state index in [1.165, 1.54) is 36.8 Å². The molecule has 1 saturated carbocycles. The number of rotatable bonds is 3. The van der Waals surface area contributed by atoms with Crippen LogP contribution in [0.25, 0.3) is 11.5 Å². The van der Waals surface area contributed by atoms with Crippen molar-refractivity contribution in [2.45, 2.75) is 50.0 Å². The van der Waals surface area contributed by atoms with E-state index >= 15 is 0 Å². The van der Waals surface area contributed by atoms with Crippen molar-refractivity contribution in [1.29, 1.82) is 0 Å². The highest BCUT2D eigenvalue weighted by Gasteiger charge is 2.20. The largest absolute Gasteiger partial charge is 0.411 e. The molecular formula is C15H18N2OS. The average Bonchev–Trinajstić information content (AvgIpc) is 3.01. The fourth-order valence-corrected chi connectivity index (χ4v) is 3.64. The van der Waals surface area contributed by atoms with Crippen molar-refractivity contribution in [2.24, 2.45) is 0 Å². The highest BCUT2D eigenvalue weighted by atomic mass is 32.2. The molecule has 100 valence electrons. The van der Waals surface area contributed by atoms with Crippen LogP contribution in [0.3, 0.4) is 0 Å². The predicted molar refractivity (Wildman–Crippen MR) is 77.3 cm³/mol. The van der Waals surface area contributed by atoms with E-state index in [0.29, 0.717) is 16.4 Å². The van der Waals surface area contributed by atoms with E-state index in [2.05, 4.69) is 42.2 Å². The molecule has 0 bridgehead atoms. The minimum absolute atomic E-state index is 0.637. The molecule has 1 aliphatic rings. The van der Waals surface area contributed by atoms with E-state index in [9.17, 15) is 0 Å². The van der Waals surface area contributed by atoms with E-state index in [4.69, 9.17) is 4.42 Å². The highest BCUT2D eigenvalue weighted by molar-refractivity contribution is 7.99. The molecule has 1 fully saturated rings. The van der Waals surface area contributed by atoms with Crippen LogP contribution in [0.2, 0.25) is 0 Å². The van der Waals surface area contributed by atoms with E-state index in [1.54, 1.807) is 11.8 Å². The minimum atomic E-state index is 0.637. The van der Waals surface area contributed by atoms with E-state index in [0.717, 1.165) is 5.56 Å². The Morgan fingerprint density at radius 2 is 1.95 bits per heavy atom. The fraction of sp³-hybridized carbons (Fsp3) is 0.467. The summed E-state index contributed by atoms with van der Waals surface area (Å²) in [6.45, 7) is 4.17. The second-order valence-corrected chi connectivity index (χ2v) is 6.47. The van der Waals surface area contributed by atoms with Gasteiger partial charge in [0.15, 0.2) is 0 Å².